The van der Waals surface area contributed by atoms with Gasteiger partial charge in [0.1, 0.15) is 5.60 Å². The lowest BCUT2D eigenvalue weighted by molar-refractivity contribution is -0.0301. The summed E-state index contributed by atoms with van der Waals surface area (Å²) in [6.07, 6.45) is 8.53. The number of amides is 1. The molecule has 0 heterocycles. The topological polar surface area (TPSA) is 59.6 Å². The molecule has 3 rings (SSSR count). The van der Waals surface area contributed by atoms with Gasteiger partial charge in [-0.3, -0.25) is 0 Å². The van der Waals surface area contributed by atoms with Crippen LogP contribution in [0.25, 0.3) is 0 Å². The molecule has 1 amide bonds. The highest BCUT2D eigenvalue weighted by Gasteiger charge is 2.47. The Balaban J connectivity index is 2.02. The molecule has 0 saturated heterocycles. The van der Waals surface area contributed by atoms with Crippen molar-refractivity contribution >= 4 is 13.0 Å². The third kappa shape index (κ3) is 9.02. The van der Waals surface area contributed by atoms with E-state index < -0.39 is 11.7 Å². The van der Waals surface area contributed by atoms with Crippen molar-refractivity contribution in [2.45, 2.75) is 138 Å². The second-order valence-electron chi connectivity index (χ2n) is 13.7. The van der Waals surface area contributed by atoms with Crippen LogP contribution in [0, 0.1) is 29.1 Å². The molecule has 2 bridgehead atoms. The zero-order chi connectivity index (χ0) is 26.6. The Hall–Kier alpha value is -1.17. The van der Waals surface area contributed by atoms with Crippen molar-refractivity contribution in [3.8, 4) is 0 Å². The minimum Gasteiger partial charge on any atom is -0.444 e. The Bertz CT molecular complexity index is 701. The quantitative estimate of drug-likeness (QED) is 0.317. The highest BCUT2D eigenvalue weighted by Crippen LogP contribution is 2.56. The van der Waals surface area contributed by atoms with Crippen LogP contribution in [-0.2, 0) is 9.39 Å². The van der Waals surface area contributed by atoms with Gasteiger partial charge in [0.25, 0.3) is 0 Å². The molecule has 3 fully saturated rings. The zero-order valence-electron chi connectivity index (χ0n) is 24.5. The molecule has 3 saturated carbocycles. The summed E-state index contributed by atoms with van der Waals surface area (Å²) in [6, 6.07) is -0.217. The molecule has 3 aliphatic rings. The zero-order valence-corrected chi connectivity index (χ0v) is 24.5. The number of ether oxygens (including phenoxy) is 1. The summed E-state index contributed by atoms with van der Waals surface area (Å²) >= 11 is 0. The predicted molar refractivity (Wildman–Crippen MR) is 148 cm³/mol. The van der Waals surface area contributed by atoms with Gasteiger partial charge in [0.15, 0.2) is 0 Å². The molecule has 0 aromatic rings. The van der Waals surface area contributed by atoms with Gasteiger partial charge >= 0.3 is 13.0 Å². The van der Waals surface area contributed by atoms with Crippen LogP contribution in [0.1, 0.15) is 107 Å². The van der Waals surface area contributed by atoms with Gasteiger partial charge < -0.3 is 20.0 Å². The molecule has 5 unspecified atom stereocenters. The van der Waals surface area contributed by atoms with E-state index in [0.29, 0.717) is 17.4 Å². The van der Waals surface area contributed by atoms with Gasteiger partial charge in [0.05, 0.1) is 6.04 Å². The number of carbonyl (C=O) groups excluding carboxylic acids is 1. The molecule has 6 heteroatoms. The molecule has 0 radical (unpaired) electrons. The molecule has 5 atom stereocenters. The monoisotopic (exact) mass is 490 g/mol. The highest BCUT2D eigenvalue weighted by atomic mass is 16.6. The second-order valence-corrected chi connectivity index (χ2v) is 13.7. The van der Waals surface area contributed by atoms with E-state index in [4.69, 9.17) is 9.39 Å². The summed E-state index contributed by atoms with van der Waals surface area (Å²) in [5.41, 5.74) is 0.797. The Morgan fingerprint density at radius 3 is 2.23 bits per heavy atom. The van der Waals surface area contributed by atoms with Crippen LogP contribution in [-0.4, -0.2) is 36.7 Å². The van der Waals surface area contributed by atoms with Crippen molar-refractivity contribution in [3.63, 3.8) is 0 Å². The number of nitrogens with one attached hydrogen (secondary N) is 2. The van der Waals surface area contributed by atoms with E-state index in [1.165, 1.54) is 25.7 Å². The fourth-order valence-electron chi connectivity index (χ4n) is 6.06. The van der Waals surface area contributed by atoms with Crippen LogP contribution in [0.2, 0.25) is 6.82 Å². The lowest BCUT2D eigenvalue weighted by Gasteiger charge is -2.52. The minimum atomic E-state index is -0.533. The Labute approximate surface area is 217 Å². The fraction of sp³-hybridized carbons (Fsp3) is 0.897. The first kappa shape index (κ1) is 30.1. The molecule has 0 aromatic heterocycles. The van der Waals surface area contributed by atoms with Crippen LogP contribution in [0.5, 0.6) is 0 Å². The summed E-state index contributed by atoms with van der Waals surface area (Å²) in [5.74, 6) is 2.59. The van der Waals surface area contributed by atoms with Crippen molar-refractivity contribution in [1.82, 2.24) is 10.6 Å². The maximum atomic E-state index is 12.5. The molecule has 35 heavy (non-hydrogen) atoms. The number of carbonyl (C=O) groups is 1. The molecule has 0 spiro atoms. The first-order valence-electron chi connectivity index (χ1n) is 14.2. The Morgan fingerprint density at radius 1 is 1.06 bits per heavy atom. The van der Waals surface area contributed by atoms with Gasteiger partial charge in [-0.2, -0.15) is 0 Å². The molecule has 0 aromatic carbocycles. The molecule has 2 N–H and O–H groups in total. The SMILES string of the molecule is C=C(NC(CC(C)C)B(C)OC1CCCC2CC(CC1)C2(C)C)C(NC(=O)OC(C)(C)C)C(C)C. The summed E-state index contributed by atoms with van der Waals surface area (Å²) in [4.78, 5) is 12.5. The normalized spacial score (nSPS) is 26.0. The van der Waals surface area contributed by atoms with Crippen LogP contribution < -0.4 is 10.6 Å². The van der Waals surface area contributed by atoms with Crippen molar-refractivity contribution in [1.29, 1.82) is 0 Å². The summed E-state index contributed by atoms with van der Waals surface area (Å²) in [7, 11) is 0. The predicted octanol–water partition coefficient (Wildman–Crippen LogP) is 7.23. The van der Waals surface area contributed by atoms with E-state index in [2.05, 4.69) is 65.6 Å². The summed E-state index contributed by atoms with van der Waals surface area (Å²) < 4.78 is 12.3. The number of hydrogen-bond acceptors (Lipinski definition) is 4. The van der Waals surface area contributed by atoms with E-state index in [1.54, 1.807) is 0 Å². The molecular weight excluding hydrogens is 435 g/mol. The van der Waals surface area contributed by atoms with Gasteiger partial charge in [-0.25, -0.2) is 4.79 Å². The minimum absolute atomic E-state index is 0.0669. The average Bonchev–Trinajstić information content (AvgIpc) is 2.84. The maximum absolute atomic E-state index is 12.5. The van der Waals surface area contributed by atoms with Gasteiger partial charge in [0, 0.05) is 17.7 Å². The number of fused-ring (bicyclic) bond motifs is 5. The van der Waals surface area contributed by atoms with Crippen LogP contribution >= 0.6 is 0 Å². The molecule has 0 aliphatic heterocycles. The number of rotatable bonds is 10. The number of hydrogen-bond donors (Lipinski definition) is 2. The van der Waals surface area contributed by atoms with Gasteiger partial charge in [-0.1, -0.05) is 61.4 Å². The Morgan fingerprint density at radius 2 is 1.69 bits per heavy atom. The van der Waals surface area contributed by atoms with Crippen molar-refractivity contribution in [2.24, 2.45) is 29.1 Å². The van der Waals surface area contributed by atoms with Crippen molar-refractivity contribution in [3.05, 3.63) is 12.3 Å². The smallest absolute Gasteiger partial charge is 0.408 e. The van der Waals surface area contributed by atoms with Crippen LogP contribution in [0.15, 0.2) is 12.3 Å². The molecule has 202 valence electrons. The fourth-order valence-corrected chi connectivity index (χ4v) is 6.06. The highest BCUT2D eigenvalue weighted by molar-refractivity contribution is 6.52. The van der Waals surface area contributed by atoms with Gasteiger partial charge in [-0.15, -0.1) is 0 Å². The lowest BCUT2D eigenvalue weighted by atomic mass is 9.53. The van der Waals surface area contributed by atoms with Crippen LogP contribution in [0.3, 0.4) is 0 Å². The van der Waals surface area contributed by atoms with E-state index >= 15 is 0 Å². The number of alkyl carbamates (subject to hydrolysis) is 1. The molecule has 5 nitrogen and oxygen atoms in total. The lowest BCUT2D eigenvalue weighted by Crippen LogP contribution is -2.51. The second kappa shape index (κ2) is 12.4. The van der Waals surface area contributed by atoms with E-state index in [9.17, 15) is 4.79 Å². The van der Waals surface area contributed by atoms with Crippen molar-refractivity contribution < 1.29 is 14.2 Å². The van der Waals surface area contributed by atoms with E-state index in [1.807, 2.05) is 20.8 Å². The molecular formula is C29H55BN2O3. The average molecular weight is 491 g/mol. The van der Waals surface area contributed by atoms with Gasteiger partial charge in [-0.05, 0) is 88.4 Å². The first-order chi connectivity index (χ1) is 16.1. The third-order valence-electron chi connectivity index (χ3n) is 8.37. The van der Waals surface area contributed by atoms with Crippen molar-refractivity contribution in [2.75, 3.05) is 0 Å². The third-order valence-corrected chi connectivity index (χ3v) is 8.37. The van der Waals surface area contributed by atoms with Crippen LogP contribution in [0.4, 0.5) is 4.79 Å². The standard InChI is InChI=1S/C29H55BN2O3/c1-19(2)17-25(31-21(5)26(20(3)4)32-27(33)34-28(6,7)8)30(11)35-24-14-12-13-22-18-23(15-16-24)29(22,9)10/h19-20,22-26,31H,5,12-18H2,1-4,6-11H3,(H,32,33). The summed E-state index contributed by atoms with van der Waals surface area (Å²) in [6.45, 7) is 25.9. The summed E-state index contributed by atoms with van der Waals surface area (Å²) in [5, 5.41) is 6.70. The van der Waals surface area contributed by atoms with Gasteiger partial charge in [0.2, 0.25) is 0 Å². The first-order valence-corrected chi connectivity index (χ1v) is 14.2. The molecule has 3 aliphatic carbocycles. The largest absolute Gasteiger partial charge is 0.444 e. The maximum Gasteiger partial charge on any atom is 0.408 e. The van der Waals surface area contributed by atoms with E-state index in [-0.39, 0.29) is 24.8 Å². The van der Waals surface area contributed by atoms with E-state index in [0.717, 1.165) is 36.8 Å². The Kier molecular flexibility index (Phi) is 10.6.